The molecule has 0 N–H and O–H groups in total. The van der Waals surface area contributed by atoms with Gasteiger partial charge in [0, 0.05) is 23.9 Å². The van der Waals surface area contributed by atoms with E-state index in [-0.39, 0.29) is 5.78 Å². The summed E-state index contributed by atoms with van der Waals surface area (Å²) in [6, 6.07) is 5.58. The van der Waals surface area contributed by atoms with Gasteiger partial charge in [-0.05, 0) is 12.1 Å². The molecule has 0 aromatic carbocycles. The Morgan fingerprint density at radius 1 is 1.50 bits per heavy atom. The summed E-state index contributed by atoms with van der Waals surface area (Å²) < 4.78 is 5.01. The summed E-state index contributed by atoms with van der Waals surface area (Å²) in [5.41, 5.74) is 1.58. The van der Waals surface area contributed by atoms with Crippen LogP contribution in [0.3, 0.4) is 0 Å². The van der Waals surface area contributed by atoms with E-state index in [0.29, 0.717) is 13.0 Å². The molecule has 0 fully saturated rings. The van der Waals surface area contributed by atoms with Gasteiger partial charge in [0.25, 0.3) is 0 Å². The number of ketones is 1. The maximum atomic E-state index is 11.6. The highest BCUT2D eigenvalue weighted by atomic mass is 16.5. The predicted molar refractivity (Wildman–Crippen MR) is 51.6 cm³/mol. The lowest BCUT2D eigenvalue weighted by molar-refractivity contribution is -0.115. The van der Waals surface area contributed by atoms with Gasteiger partial charge in [0.05, 0.1) is 19.3 Å². The Morgan fingerprint density at radius 3 is 3.07 bits per heavy atom. The first-order valence-corrected chi connectivity index (χ1v) is 4.60. The molecule has 1 aliphatic heterocycles. The van der Waals surface area contributed by atoms with E-state index in [2.05, 4.69) is 4.98 Å². The number of rotatable bonds is 3. The van der Waals surface area contributed by atoms with Gasteiger partial charge in [-0.15, -0.1) is 0 Å². The number of ether oxygens (including phenoxy) is 1. The second-order valence-electron chi connectivity index (χ2n) is 3.18. The van der Waals surface area contributed by atoms with E-state index >= 15 is 0 Å². The van der Waals surface area contributed by atoms with Crippen molar-refractivity contribution in [3.8, 4) is 0 Å². The third kappa shape index (κ3) is 1.99. The number of nitrogens with zero attached hydrogens (tertiary/aromatic N) is 1. The number of Topliss-reactive ketones (excluding diaryl/α,β-unsaturated/α-hetero) is 1. The number of aromatic nitrogens is 1. The normalized spacial score (nSPS) is 14.7. The van der Waals surface area contributed by atoms with E-state index in [9.17, 15) is 4.79 Å². The van der Waals surface area contributed by atoms with Gasteiger partial charge in [0.1, 0.15) is 0 Å². The maximum Gasteiger partial charge on any atom is 0.167 e. The Bertz CT molecular complexity index is 357. The molecule has 0 atom stereocenters. The summed E-state index contributed by atoms with van der Waals surface area (Å²) in [5, 5.41) is 0. The van der Waals surface area contributed by atoms with Gasteiger partial charge in [-0.2, -0.15) is 0 Å². The molecule has 0 aliphatic carbocycles. The van der Waals surface area contributed by atoms with E-state index in [1.807, 2.05) is 18.2 Å². The molecular formula is C11H11NO2. The first kappa shape index (κ1) is 8.94. The fourth-order valence-corrected chi connectivity index (χ4v) is 1.37. The highest BCUT2D eigenvalue weighted by Crippen LogP contribution is 2.13. The van der Waals surface area contributed by atoms with Crippen LogP contribution < -0.4 is 0 Å². The van der Waals surface area contributed by atoms with Crippen LogP contribution in [0, 0.1) is 0 Å². The lowest BCUT2D eigenvalue weighted by atomic mass is 10.1. The van der Waals surface area contributed by atoms with E-state index in [4.69, 9.17) is 4.74 Å². The van der Waals surface area contributed by atoms with E-state index in [1.54, 1.807) is 12.5 Å². The van der Waals surface area contributed by atoms with Crippen LogP contribution in [0.15, 0.2) is 36.2 Å². The quantitative estimate of drug-likeness (QED) is 0.723. The summed E-state index contributed by atoms with van der Waals surface area (Å²) in [6.45, 7) is 0.628. The van der Waals surface area contributed by atoms with Crippen LogP contribution in [0.5, 0.6) is 0 Å². The van der Waals surface area contributed by atoms with Crippen LogP contribution in [0.4, 0.5) is 0 Å². The van der Waals surface area contributed by atoms with E-state index in [0.717, 1.165) is 17.7 Å². The Kier molecular flexibility index (Phi) is 2.58. The van der Waals surface area contributed by atoms with Crippen LogP contribution in [0.1, 0.15) is 12.1 Å². The van der Waals surface area contributed by atoms with Crippen molar-refractivity contribution in [3.05, 3.63) is 41.9 Å². The van der Waals surface area contributed by atoms with Gasteiger partial charge in [0.2, 0.25) is 0 Å². The largest absolute Gasteiger partial charge is 0.500 e. The summed E-state index contributed by atoms with van der Waals surface area (Å²) >= 11 is 0. The molecule has 0 radical (unpaired) electrons. The Morgan fingerprint density at radius 2 is 2.43 bits per heavy atom. The minimum atomic E-state index is 0.112. The van der Waals surface area contributed by atoms with Gasteiger partial charge >= 0.3 is 0 Å². The number of carbonyl (C=O) groups is 1. The number of hydrogen-bond donors (Lipinski definition) is 0. The van der Waals surface area contributed by atoms with Gasteiger partial charge in [-0.3, -0.25) is 9.78 Å². The van der Waals surface area contributed by atoms with Crippen molar-refractivity contribution in [2.24, 2.45) is 0 Å². The maximum absolute atomic E-state index is 11.6. The molecule has 0 bridgehead atoms. The highest BCUT2D eigenvalue weighted by molar-refractivity contribution is 5.96. The molecule has 14 heavy (non-hydrogen) atoms. The second kappa shape index (κ2) is 4.05. The molecule has 0 unspecified atom stereocenters. The highest BCUT2D eigenvalue weighted by Gasteiger charge is 2.14. The summed E-state index contributed by atoms with van der Waals surface area (Å²) in [6.07, 6.45) is 4.36. The molecule has 72 valence electrons. The topological polar surface area (TPSA) is 39.2 Å². The van der Waals surface area contributed by atoms with Crippen LogP contribution in [-0.2, 0) is 16.0 Å². The molecule has 1 aromatic rings. The van der Waals surface area contributed by atoms with Crippen LogP contribution >= 0.6 is 0 Å². The minimum Gasteiger partial charge on any atom is -0.500 e. The van der Waals surface area contributed by atoms with Crippen LogP contribution in [-0.4, -0.2) is 17.4 Å². The summed E-state index contributed by atoms with van der Waals surface area (Å²) in [5.74, 6) is 0.112. The molecule has 3 nitrogen and oxygen atoms in total. The lowest BCUT2D eigenvalue weighted by Gasteiger charge is -1.98. The number of pyridine rings is 1. The van der Waals surface area contributed by atoms with Crippen LogP contribution in [0.2, 0.25) is 0 Å². The zero-order valence-corrected chi connectivity index (χ0v) is 7.77. The summed E-state index contributed by atoms with van der Waals surface area (Å²) in [4.78, 5) is 15.7. The lowest BCUT2D eigenvalue weighted by Crippen LogP contribution is -2.06. The molecule has 1 aromatic heterocycles. The van der Waals surface area contributed by atoms with Crippen LogP contribution in [0.25, 0.3) is 0 Å². The molecule has 2 heterocycles. The number of carbonyl (C=O) groups excluding carboxylic acids is 1. The van der Waals surface area contributed by atoms with Crippen molar-refractivity contribution in [2.45, 2.75) is 12.8 Å². The average molecular weight is 189 g/mol. The Balaban J connectivity index is 2.01. The van der Waals surface area contributed by atoms with Crippen molar-refractivity contribution >= 4 is 5.78 Å². The third-order valence-corrected chi connectivity index (χ3v) is 2.14. The predicted octanol–water partition coefficient (Wildman–Crippen LogP) is 1.50. The molecule has 3 heteroatoms. The number of hydrogen-bond acceptors (Lipinski definition) is 3. The van der Waals surface area contributed by atoms with E-state index in [1.165, 1.54) is 0 Å². The molecule has 0 saturated carbocycles. The summed E-state index contributed by atoms with van der Waals surface area (Å²) in [7, 11) is 0. The standard InChI is InChI=1S/C11H11NO2/c13-11(9-4-6-14-8-9)7-10-3-1-2-5-12-10/h1-3,5,8H,4,6-7H2. The molecular weight excluding hydrogens is 178 g/mol. The van der Waals surface area contributed by atoms with Gasteiger partial charge < -0.3 is 4.74 Å². The Labute approximate surface area is 82.4 Å². The van der Waals surface area contributed by atoms with Gasteiger partial charge in [0.15, 0.2) is 5.78 Å². The average Bonchev–Trinajstić information content (AvgIpc) is 2.72. The molecule has 0 saturated heterocycles. The third-order valence-electron chi connectivity index (χ3n) is 2.14. The second-order valence-corrected chi connectivity index (χ2v) is 3.18. The smallest absolute Gasteiger partial charge is 0.167 e. The molecule has 2 rings (SSSR count). The monoisotopic (exact) mass is 189 g/mol. The fraction of sp³-hybridized carbons (Fsp3) is 0.273. The zero-order chi connectivity index (χ0) is 9.80. The zero-order valence-electron chi connectivity index (χ0n) is 7.77. The SMILES string of the molecule is O=C(Cc1ccccn1)C1=COCC1. The molecule has 0 spiro atoms. The first-order chi connectivity index (χ1) is 6.86. The Hall–Kier alpha value is -1.64. The molecule has 1 aliphatic rings. The van der Waals surface area contributed by atoms with Crippen molar-refractivity contribution < 1.29 is 9.53 Å². The van der Waals surface area contributed by atoms with Gasteiger partial charge in [-0.1, -0.05) is 6.07 Å². The van der Waals surface area contributed by atoms with Crippen molar-refractivity contribution in [1.82, 2.24) is 4.98 Å². The first-order valence-electron chi connectivity index (χ1n) is 4.60. The van der Waals surface area contributed by atoms with Crippen molar-refractivity contribution in [1.29, 1.82) is 0 Å². The van der Waals surface area contributed by atoms with Crippen molar-refractivity contribution in [3.63, 3.8) is 0 Å². The van der Waals surface area contributed by atoms with Crippen molar-refractivity contribution in [2.75, 3.05) is 6.61 Å². The van der Waals surface area contributed by atoms with E-state index < -0.39 is 0 Å². The minimum absolute atomic E-state index is 0.112. The van der Waals surface area contributed by atoms with Gasteiger partial charge in [-0.25, -0.2) is 0 Å². The fourth-order valence-electron chi connectivity index (χ4n) is 1.37. The molecule has 0 amide bonds.